The third kappa shape index (κ3) is 3.16. The molecule has 3 N–H and O–H groups in total. The number of unbranched alkanes of at least 4 members (excludes halogenated alkanes) is 1. The van der Waals surface area contributed by atoms with E-state index >= 15 is 0 Å². The van der Waals surface area contributed by atoms with E-state index in [4.69, 9.17) is 10.5 Å². The zero-order valence-corrected chi connectivity index (χ0v) is 11.9. The highest BCUT2D eigenvalue weighted by molar-refractivity contribution is 5.78. The van der Waals surface area contributed by atoms with Crippen molar-refractivity contribution in [2.24, 2.45) is 16.1 Å². The third-order valence-electron chi connectivity index (χ3n) is 4.17. The molecule has 0 spiro atoms. The predicted molar refractivity (Wildman–Crippen MR) is 74.6 cm³/mol. The summed E-state index contributed by atoms with van der Waals surface area (Å²) in [6.07, 6.45) is 6.13. The van der Waals surface area contributed by atoms with Crippen molar-refractivity contribution in [2.75, 3.05) is 6.61 Å². The summed E-state index contributed by atoms with van der Waals surface area (Å²) in [5, 5.41) is 3.24. The Morgan fingerprint density at radius 3 is 2.72 bits per heavy atom. The maximum absolute atomic E-state index is 5.91. The number of hydrogen-bond acceptors (Lipinski definition) is 2. The highest BCUT2D eigenvalue weighted by Crippen LogP contribution is 2.44. The normalized spacial score (nSPS) is 30.9. The summed E-state index contributed by atoms with van der Waals surface area (Å²) in [6, 6.07) is 0.879. The van der Waals surface area contributed by atoms with Crippen molar-refractivity contribution in [1.82, 2.24) is 5.32 Å². The Labute approximate surface area is 110 Å². The van der Waals surface area contributed by atoms with E-state index in [-0.39, 0.29) is 5.41 Å². The quantitative estimate of drug-likeness (QED) is 0.432. The van der Waals surface area contributed by atoms with Crippen molar-refractivity contribution in [3.63, 3.8) is 0 Å². The molecule has 0 aromatic heterocycles. The van der Waals surface area contributed by atoms with Crippen molar-refractivity contribution in [2.45, 2.75) is 71.1 Å². The van der Waals surface area contributed by atoms with Gasteiger partial charge in [-0.1, -0.05) is 27.2 Å². The van der Waals surface area contributed by atoms with Crippen LogP contribution in [0.2, 0.25) is 0 Å². The molecule has 2 aliphatic rings. The predicted octanol–water partition coefficient (Wildman–Crippen LogP) is 2.04. The van der Waals surface area contributed by atoms with Crippen LogP contribution in [0.15, 0.2) is 4.99 Å². The fourth-order valence-corrected chi connectivity index (χ4v) is 2.38. The van der Waals surface area contributed by atoms with Crippen LogP contribution in [0.1, 0.15) is 52.9 Å². The van der Waals surface area contributed by atoms with Gasteiger partial charge in [0.25, 0.3) is 0 Å². The summed E-state index contributed by atoms with van der Waals surface area (Å²) >= 11 is 0. The molecule has 0 aromatic carbocycles. The molecule has 2 fully saturated rings. The van der Waals surface area contributed by atoms with Crippen LogP contribution in [-0.2, 0) is 4.74 Å². The topological polar surface area (TPSA) is 59.6 Å². The Kier molecular flexibility index (Phi) is 4.15. The van der Waals surface area contributed by atoms with Crippen molar-refractivity contribution in [3.8, 4) is 0 Å². The monoisotopic (exact) mass is 253 g/mol. The standard InChI is InChI=1S/C14H27N3O/c1-4-5-8-18-12-9-11(14(12,2)3)17-13(15)16-10-6-7-10/h10-12H,4-9H2,1-3H3,(H3,15,16,17)/t11-,12+/m0/s1. The molecule has 104 valence electrons. The van der Waals surface area contributed by atoms with Gasteiger partial charge in [-0.3, -0.25) is 0 Å². The van der Waals surface area contributed by atoms with Gasteiger partial charge in [0.2, 0.25) is 0 Å². The first-order valence-corrected chi connectivity index (χ1v) is 7.25. The molecule has 0 amide bonds. The van der Waals surface area contributed by atoms with Gasteiger partial charge in [-0.15, -0.1) is 0 Å². The number of nitrogens with one attached hydrogen (secondary N) is 1. The lowest BCUT2D eigenvalue weighted by molar-refractivity contribution is -0.107. The van der Waals surface area contributed by atoms with Gasteiger partial charge >= 0.3 is 0 Å². The minimum atomic E-state index is 0.115. The Morgan fingerprint density at radius 2 is 2.17 bits per heavy atom. The zero-order chi connectivity index (χ0) is 13.2. The van der Waals surface area contributed by atoms with Crippen molar-refractivity contribution < 1.29 is 4.74 Å². The minimum absolute atomic E-state index is 0.115. The van der Waals surface area contributed by atoms with E-state index in [0.717, 1.165) is 19.4 Å². The summed E-state index contributed by atoms with van der Waals surface area (Å²) in [4.78, 5) is 4.60. The molecule has 2 atom stereocenters. The smallest absolute Gasteiger partial charge is 0.189 e. The lowest BCUT2D eigenvalue weighted by Gasteiger charge is -2.49. The number of nitrogens with zero attached hydrogens (tertiary/aromatic N) is 1. The molecule has 2 saturated carbocycles. The van der Waals surface area contributed by atoms with Gasteiger partial charge in [0, 0.05) is 18.1 Å². The summed E-state index contributed by atoms with van der Waals surface area (Å²) in [6.45, 7) is 7.51. The van der Waals surface area contributed by atoms with E-state index in [1.165, 1.54) is 19.3 Å². The highest BCUT2D eigenvalue weighted by atomic mass is 16.5. The van der Waals surface area contributed by atoms with E-state index < -0.39 is 0 Å². The number of guanidine groups is 1. The van der Waals surface area contributed by atoms with Gasteiger partial charge in [-0.05, 0) is 25.7 Å². The maximum atomic E-state index is 5.91. The van der Waals surface area contributed by atoms with Crippen LogP contribution in [0.25, 0.3) is 0 Å². The molecule has 18 heavy (non-hydrogen) atoms. The number of hydrogen-bond donors (Lipinski definition) is 2. The molecular weight excluding hydrogens is 226 g/mol. The van der Waals surface area contributed by atoms with Gasteiger partial charge in [0.15, 0.2) is 5.96 Å². The summed E-state index contributed by atoms with van der Waals surface area (Å²) in [5.74, 6) is 0.614. The second kappa shape index (κ2) is 5.47. The molecule has 4 heteroatoms. The SMILES string of the molecule is CCCCO[C@@H]1C[C@H](N=C(N)NC2CC2)C1(C)C. The second-order valence-electron chi connectivity index (χ2n) is 6.22. The summed E-state index contributed by atoms with van der Waals surface area (Å²) < 4.78 is 5.91. The molecule has 0 bridgehead atoms. The maximum Gasteiger partial charge on any atom is 0.189 e. The minimum Gasteiger partial charge on any atom is -0.377 e. The Hall–Kier alpha value is -0.770. The summed E-state index contributed by atoms with van der Waals surface area (Å²) in [7, 11) is 0. The van der Waals surface area contributed by atoms with E-state index in [2.05, 4.69) is 31.1 Å². The van der Waals surface area contributed by atoms with Crippen LogP contribution in [0.3, 0.4) is 0 Å². The van der Waals surface area contributed by atoms with E-state index in [0.29, 0.717) is 24.1 Å². The fourth-order valence-electron chi connectivity index (χ4n) is 2.38. The van der Waals surface area contributed by atoms with Crippen LogP contribution in [0.5, 0.6) is 0 Å². The molecule has 0 aliphatic heterocycles. The molecule has 0 saturated heterocycles. The first-order valence-electron chi connectivity index (χ1n) is 7.25. The summed E-state index contributed by atoms with van der Waals surface area (Å²) in [5.41, 5.74) is 6.03. The van der Waals surface area contributed by atoms with Gasteiger partial charge in [-0.2, -0.15) is 0 Å². The van der Waals surface area contributed by atoms with Gasteiger partial charge in [0.05, 0.1) is 12.1 Å². The van der Waals surface area contributed by atoms with E-state index in [9.17, 15) is 0 Å². The molecule has 2 rings (SSSR count). The van der Waals surface area contributed by atoms with Gasteiger partial charge in [-0.25, -0.2) is 4.99 Å². The Balaban J connectivity index is 1.78. The van der Waals surface area contributed by atoms with Gasteiger partial charge in [0.1, 0.15) is 0 Å². The lowest BCUT2D eigenvalue weighted by Crippen LogP contribution is -2.55. The van der Waals surface area contributed by atoms with E-state index in [1.54, 1.807) is 0 Å². The van der Waals surface area contributed by atoms with Crippen molar-refractivity contribution in [1.29, 1.82) is 0 Å². The van der Waals surface area contributed by atoms with Crippen LogP contribution in [0, 0.1) is 5.41 Å². The molecule has 0 heterocycles. The van der Waals surface area contributed by atoms with Crippen molar-refractivity contribution >= 4 is 5.96 Å². The first-order chi connectivity index (χ1) is 8.54. The molecule has 4 nitrogen and oxygen atoms in total. The van der Waals surface area contributed by atoms with Gasteiger partial charge < -0.3 is 15.8 Å². The first kappa shape index (κ1) is 13.7. The number of aliphatic imine (C=N–C) groups is 1. The number of ether oxygens (including phenoxy) is 1. The average Bonchev–Trinajstić information content (AvgIpc) is 3.11. The zero-order valence-electron chi connectivity index (χ0n) is 11.9. The molecule has 2 aliphatic carbocycles. The molecule has 0 unspecified atom stereocenters. The van der Waals surface area contributed by atoms with Crippen LogP contribution in [0.4, 0.5) is 0 Å². The molecular formula is C14H27N3O. The Bertz CT molecular complexity index is 310. The average molecular weight is 253 g/mol. The van der Waals surface area contributed by atoms with Crippen LogP contribution < -0.4 is 11.1 Å². The molecule has 0 aromatic rings. The fraction of sp³-hybridized carbons (Fsp3) is 0.929. The van der Waals surface area contributed by atoms with Crippen molar-refractivity contribution in [3.05, 3.63) is 0 Å². The Morgan fingerprint density at radius 1 is 1.44 bits per heavy atom. The third-order valence-corrected chi connectivity index (χ3v) is 4.17. The number of rotatable bonds is 6. The highest BCUT2D eigenvalue weighted by Gasteiger charge is 2.49. The number of nitrogens with two attached hydrogens (primary N) is 1. The van der Waals surface area contributed by atoms with Crippen LogP contribution in [-0.4, -0.2) is 30.8 Å². The second-order valence-corrected chi connectivity index (χ2v) is 6.22. The lowest BCUT2D eigenvalue weighted by atomic mass is 9.65. The van der Waals surface area contributed by atoms with Crippen LogP contribution >= 0.6 is 0 Å². The van der Waals surface area contributed by atoms with E-state index in [1.807, 2.05) is 0 Å². The molecule has 0 radical (unpaired) electrons. The largest absolute Gasteiger partial charge is 0.377 e.